The number of hydrogen-bond acceptors (Lipinski definition) is 3. The number of unbranched alkanes of at least 4 members (excludes halogenated alkanes) is 34. The lowest BCUT2D eigenvalue weighted by Crippen LogP contribution is -2.39. The van der Waals surface area contributed by atoms with Crippen LogP contribution in [0, 0.1) is 0 Å². The van der Waals surface area contributed by atoms with Gasteiger partial charge in [-0.15, -0.1) is 0 Å². The topological polar surface area (TPSA) is 43.7 Å². The van der Waals surface area contributed by atoms with E-state index >= 15 is 0 Å². The summed E-state index contributed by atoms with van der Waals surface area (Å²) in [5.41, 5.74) is 0. The standard InChI is InChI=1S/C45H93NO2/c1-3-5-7-9-11-13-15-17-19-21-23-25-27-29-31-33-35-37-39-45(46(41-43-47)42-44-48)40-38-36-34-32-30-28-26-24-22-20-18-16-14-12-10-8-6-4-2/h45,47-48H,3-44H2,1-2H3. The Morgan fingerprint density at radius 1 is 0.292 bits per heavy atom. The first kappa shape index (κ1) is 47.9. The Labute approximate surface area is 304 Å². The molecule has 0 saturated heterocycles. The fraction of sp³-hybridized carbons (Fsp3) is 1.00. The van der Waals surface area contributed by atoms with Gasteiger partial charge in [-0.2, -0.15) is 0 Å². The maximum Gasteiger partial charge on any atom is 0.0558 e. The summed E-state index contributed by atoms with van der Waals surface area (Å²) >= 11 is 0. The second-order valence-corrected chi connectivity index (χ2v) is 15.7. The van der Waals surface area contributed by atoms with Crippen molar-refractivity contribution in [2.24, 2.45) is 0 Å². The fourth-order valence-electron chi connectivity index (χ4n) is 7.81. The Kier molecular flexibility index (Phi) is 42.9. The Hall–Kier alpha value is -0.120. The molecule has 0 aliphatic carbocycles. The minimum Gasteiger partial charge on any atom is -0.395 e. The molecular weight excluding hydrogens is 587 g/mol. The summed E-state index contributed by atoms with van der Waals surface area (Å²) < 4.78 is 0. The lowest BCUT2D eigenvalue weighted by molar-refractivity contribution is 0.109. The summed E-state index contributed by atoms with van der Waals surface area (Å²) in [7, 11) is 0. The molecule has 0 spiro atoms. The van der Waals surface area contributed by atoms with Gasteiger partial charge >= 0.3 is 0 Å². The van der Waals surface area contributed by atoms with Crippen LogP contribution in [0.3, 0.4) is 0 Å². The van der Waals surface area contributed by atoms with Crippen molar-refractivity contribution in [3.63, 3.8) is 0 Å². The number of rotatable bonds is 43. The van der Waals surface area contributed by atoms with E-state index in [1.54, 1.807) is 0 Å². The van der Waals surface area contributed by atoms with Crippen molar-refractivity contribution >= 4 is 0 Å². The van der Waals surface area contributed by atoms with Crippen LogP contribution in [0.5, 0.6) is 0 Å². The molecule has 0 aliphatic rings. The van der Waals surface area contributed by atoms with Crippen molar-refractivity contribution in [2.75, 3.05) is 26.3 Å². The predicted molar refractivity (Wildman–Crippen MR) is 216 cm³/mol. The van der Waals surface area contributed by atoms with Gasteiger partial charge in [-0.25, -0.2) is 0 Å². The lowest BCUT2D eigenvalue weighted by atomic mass is 9.98. The first-order valence-corrected chi connectivity index (χ1v) is 22.8. The minimum atomic E-state index is 0.203. The molecule has 0 unspecified atom stereocenters. The molecule has 0 rings (SSSR count). The Morgan fingerprint density at radius 3 is 0.667 bits per heavy atom. The van der Waals surface area contributed by atoms with Crippen LogP contribution in [0.2, 0.25) is 0 Å². The molecule has 0 heterocycles. The van der Waals surface area contributed by atoms with Crippen LogP contribution < -0.4 is 0 Å². The van der Waals surface area contributed by atoms with E-state index in [1.807, 2.05) is 0 Å². The van der Waals surface area contributed by atoms with Gasteiger partial charge in [0.05, 0.1) is 13.2 Å². The lowest BCUT2D eigenvalue weighted by Gasteiger charge is -2.31. The average molecular weight is 680 g/mol. The summed E-state index contributed by atoms with van der Waals surface area (Å²) in [4.78, 5) is 2.38. The Bertz CT molecular complexity index is 509. The molecular formula is C45H93NO2. The minimum absolute atomic E-state index is 0.203. The molecule has 0 aromatic rings. The highest BCUT2D eigenvalue weighted by molar-refractivity contribution is 4.72. The zero-order chi connectivity index (χ0) is 34.9. The van der Waals surface area contributed by atoms with Crippen LogP contribution in [0.1, 0.15) is 258 Å². The summed E-state index contributed by atoms with van der Waals surface area (Å²) in [5.74, 6) is 0. The second-order valence-electron chi connectivity index (χ2n) is 15.7. The first-order valence-electron chi connectivity index (χ1n) is 22.8. The van der Waals surface area contributed by atoms with Gasteiger partial charge in [-0.05, 0) is 12.8 Å². The third-order valence-corrected chi connectivity index (χ3v) is 11.1. The zero-order valence-electron chi connectivity index (χ0n) is 33.6. The monoisotopic (exact) mass is 680 g/mol. The van der Waals surface area contributed by atoms with Crippen LogP contribution in [-0.4, -0.2) is 47.5 Å². The van der Waals surface area contributed by atoms with Gasteiger partial charge in [0, 0.05) is 19.1 Å². The smallest absolute Gasteiger partial charge is 0.0558 e. The van der Waals surface area contributed by atoms with Gasteiger partial charge in [0.15, 0.2) is 0 Å². The normalized spacial score (nSPS) is 11.9. The van der Waals surface area contributed by atoms with E-state index in [0.717, 1.165) is 0 Å². The second kappa shape index (κ2) is 43.0. The van der Waals surface area contributed by atoms with Gasteiger partial charge in [0.25, 0.3) is 0 Å². The van der Waals surface area contributed by atoms with Gasteiger partial charge in [-0.3, -0.25) is 4.90 Å². The molecule has 0 aromatic heterocycles. The summed E-state index contributed by atoms with van der Waals surface area (Å²) in [5, 5.41) is 19.3. The van der Waals surface area contributed by atoms with Crippen molar-refractivity contribution in [2.45, 2.75) is 264 Å². The van der Waals surface area contributed by atoms with Gasteiger partial charge in [0.2, 0.25) is 0 Å². The van der Waals surface area contributed by atoms with Crippen LogP contribution in [0.15, 0.2) is 0 Å². The van der Waals surface area contributed by atoms with E-state index in [0.29, 0.717) is 19.1 Å². The van der Waals surface area contributed by atoms with E-state index in [-0.39, 0.29) is 13.2 Å². The zero-order valence-corrected chi connectivity index (χ0v) is 33.6. The van der Waals surface area contributed by atoms with Crippen LogP contribution in [0.25, 0.3) is 0 Å². The molecule has 0 fully saturated rings. The molecule has 0 amide bonds. The quantitative estimate of drug-likeness (QED) is 0.0630. The van der Waals surface area contributed by atoms with Crippen molar-refractivity contribution in [1.29, 1.82) is 0 Å². The van der Waals surface area contributed by atoms with E-state index < -0.39 is 0 Å². The van der Waals surface area contributed by atoms with Crippen molar-refractivity contribution in [1.82, 2.24) is 4.90 Å². The highest BCUT2D eigenvalue weighted by atomic mass is 16.3. The van der Waals surface area contributed by atoms with Crippen LogP contribution in [0.4, 0.5) is 0 Å². The van der Waals surface area contributed by atoms with Gasteiger partial charge in [-0.1, -0.05) is 245 Å². The maximum absolute atomic E-state index is 9.64. The van der Waals surface area contributed by atoms with E-state index in [4.69, 9.17) is 0 Å². The number of hydrogen-bond donors (Lipinski definition) is 2. The molecule has 0 radical (unpaired) electrons. The summed E-state index contributed by atoms with van der Waals surface area (Å²) in [6, 6.07) is 0.534. The number of nitrogens with zero attached hydrogens (tertiary/aromatic N) is 1. The first-order chi connectivity index (χ1) is 23.8. The fourth-order valence-corrected chi connectivity index (χ4v) is 7.81. The molecule has 3 nitrogen and oxygen atoms in total. The highest BCUT2D eigenvalue weighted by Crippen LogP contribution is 2.20. The molecule has 0 aromatic carbocycles. The van der Waals surface area contributed by atoms with Crippen LogP contribution >= 0.6 is 0 Å². The summed E-state index contributed by atoms with van der Waals surface area (Å²) in [6.07, 6.45) is 53.7. The molecule has 2 N–H and O–H groups in total. The molecule has 290 valence electrons. The number of aliphatic hydroxyl groups excluding tert-OH is 2. The third kappa shape index (κ3) is 37.1. The third-order valence-electron chi connectivity index (χ3n) is 11.1. The highest BCUT2D eigenvalue weighted by Gasteiger charge is 2.17. The molecule has 0 atom stereocenters. The molecule has 0 saturated carbocycles. The largest absolute Gasteiger partial charge is 0.395 e. The van der Waals surface area contributed by atoms with E-state index in [9.17, 15) is 10.2 Å². The SMILES string of the molecule is CCCCCCCCCCCCCCCCCCCCC(CCCCCCCCCCCCCCCCCCCC)N(CCO)CCO. The van der Waals surface area contributed by atoms with Crippen molar-refractivity contribution in [3.8, 4) is 0 Å². The molecule has 3 heteroatoms. The maximum atomic E-state index is 9.64. The predicted octanol–water partition coefficient (Wildman–Crippen LogP) is 14.5. The van der Waals surface area contributed by atoms with Crippen molar-refractivity contribution in [3.05, 3.63) is 0 Å². The molecule has 0 bridgehead atoms. The average Bonchev–Trinajstić information content (AvgIpc) is 3.09. The summed E-state index contributed by atoms with van der Waals surface area (Å²) in [6.45, 7) is 6.43. The van der Waals surface area contributed by atoms with Gasteiger partial charge in [0.1, 0.15) is 0 Å². The Balaban J connectivity index is 3.73. The van der Waals surface area contributed by atoms with Gasteiger partial charge < -0.3 is 10.2 Å². The Morgan fingerprint density at radius 2 is 0.479 bits per heavy atom. The number of aliphatic hydroxyl groups is 2. The molecule has 0 aliphatic heterocycles. The van der Waals surface area contributed by atoms with Crippen LogP contribution in [-0.2, 0) is 0 Å². The van der Waals surface area contributed by atoms with E-state index in [2.05, 4.69) is 18.7 Å². The van der Waals surface area contributed by atoms with Crippen molar-refractivity contribution < 1.29 is 10.2 Å². The molecule has 48 heavy (non-hydrogen) atoms. The van der Waals surface area contributed by atoms with E-state index in [1.165, 1.54) is 244 Å².